The summed E-state index contributed by atoms with van der Waals surface area (Å²) in [5.41, 5.74) is 3.94. The van der Waals surface area contributed by atoms with Crippen molar-refractivity contribution in [2.45, 2.75) is 19.4 Å². The average molecular weight is 263 g/mol. The number of nitrogens with zero attached hydrogens (tertiary/aromatic N) is 2. The Morgan fingerprint density at radius 3 is 2.58 bits per heavy atom. The monoisotopic (exact) mass is 263 g/mol. The molecule has 0 amide bonds. The van der Waals surface area contributed by atoms with Crippen LogP contribution in [0.3, 0.4) is 0 Å². The average Bonchev–Trinajstić information content (AvgIpc) is 2.76. The van der Waals surface area contributed by atoms with Crippen molar-refractivity contribution in [1.29, 1.82) is 0 Å². The molecule has 19 heavy (non-hydrogen) atoms. The van der Waals surface area contributed by atoms with Crippen LogP contribution in [0.1, 0.15) is 11.3 Å². The third kappa shape index (κ3) is 2.66. The molecule has 0 bridgehead atoms. The van der Waals surface area contributed by atoms with Crippen LogP contribution >= 0.6 is 0 Å². The van der Waals surface area contributed by atoms with Gasteiger partial charge in [-0.3, -0.25) is 10.00 Å². The van der Waals surface area contributed by atoms with E-state index >= 15 is 0 Å². The largest absolute Gasteiger partial charge is 0.286 e. The van der Waals surface area contributed by atoms with Gasteiger partial charge in [0.2, 0.25) is 0 Å². The van der Waals surface area contributed by atoms with Crippen LogP contribution in [0.15, 0.2) is 30.3 Å². The first kappa shape index (κ1) is 12.3. The van der Waals surface area contributed by atoms with E-state index in [0.29, 0.717) is 6.54 Å². The molecule has 1 fully saturated rings. The molecule has 1 N–H and O–H groups in total. The van der Waals surface area contributed by atoms with Gasteiger partial charge in [0.15, 0.2) is 0 Å². The van der Waals surface area contributed by atoms with Crippen molar-refractivity contribution in [2.24, 2.45) is 0 Å². The lowest BCUT2D eigenvalue weighted by atomic mass is 10.1. The first-order valence-corrected chi connectivity index (χ1v) is 6.23. The maximum atomic E-state index is 12.7. The highest BCUT2D eigenvalue weighted by Crippen LogP contribution is 2.28. The minimum absolute atomic E-state index is 0.161. The van der Waals surface area contributed by atoms with Gasteiger partial charge in [0.25, 0.3) is 5.92 Å². The van der Waals surface area contributed by atoms with Crippen LogP contribution in [0.25, 0.3) is 11.3 Å². The zero-order valence-corrected chi connectivity index (χ0v) is 10.7. The molecule has 3 nitrogen and oxygen atoms in total. The number of hydrogen-bond donors (Lipinski definition) is 1. The van der Waals surface area contributed by atoms with Crippen LogP contribution in [0.2, 0.25) is 0 Å². The minimum Gasteiger partial charge on any atom is -0.286 e. The predicted molar refractivity (Wildman–Crippen MR) is 69.0 cm³/mol. The lowest BCUT2D eigenvalue weighted by molar-refractivity contribution is -0.134. The number of rotatable bonds is 3. The van der Waals surface area contributed by atoms with E-state index in [-0.39, 0.29) is 13.1 Å². The zero-order chi connectivity index (χ0) is 13.5. The Labute approximate surface area is 110 Å². The first-order valence-electron chi connectivity index (χ1n) is 6.23. The van der Waals surface area contributed by atoms with Gasteiger partial charge in [0.05, 0.1) is 18.8 Å². The number of aromatic amines is 1. The molecule has 0 spiro atoms. The highest BCUT2D eigenvalue weighted by atomic mass is 19.3. The standard InChI is InChI=1S/C14H15F2N3/c1-10-2-4-11(5-3-10)13-6-12(17-18-13)7-19-8-14(15,16)9-19/h2-6H,7-9H2,1H3,(H,17,18). The Balaban J connectivity index is 1.68. The molecule has 0 atom stereocenters. The zero-order valence-electron chi connectivity index (χ0n) is 10.7. The van der Waals surface area contributed by atoms with E-state index in [9.17, 15) is 8.78 Å². The fourth-order valence-electron chi connectivity index (χ4n) is 2.28. The van der Waals surface area contributed by atoms with E-state index in [1.807, 2.05) is 37.3 Å². The maximum absolute atomic E-state index is 12.7. The van der Waals surface area contributed by atoms with E-state index in [0.717, 1.165) is 17.0 Å². The van der Waals surface area contributed by atoms with E-state index in [4.69, 9.17) is 0 Å². The molecule has 0 radical (unpaired) electrons. The van der Waals surface area contributed by atoms with Gasteiger partial charge in [-0.1, -0.05) is 29.8 Å². The van der Waals surface area contributed by atoms with Crippen LogP contribution in [0, 0.1) is 6.92 Å². The fourth-order valence-corrected chi connectivity index (χ4v) is 2.28. The fraction of sp³-hybridized carbons (Fsp3) is 0.357. The smallest absolute Gasteiger partial charge is 0.272 e. The Bertz CT molecular complexity index is 567. The third-order valence-electron chi connectivity index (χ3n) is 3.28. The van der Waals surface area contributed by atoms with Crippen LogP contribution < -0.4 is 0 Å². The van der Waals surface area contributed by atoms with Crippen molar-refractivity contribution in [1.82, 2.24) is 15.1 Å². The predicted octanol–water partition coefficient (Wildman–Crippen LogP) is 2.84. The van der Waals surface area contributed by atoms with Crippen LogP contribution in [0.4, 0.5) is 8.78 Å². The van der Waals surface area contributed by atoms with E-state index in [1.165, 1.54) is 5.56 Å². The summed E-state index contributed by atoms with van der Waals surface area (Å²) in [6.45, 7) is 2.20. The molecule has 1 aliphatic rings. The Morgan fingerprint density at radius 1 is 1.26 bits per heavy atom. The molecule has 2 aromatic rings. The van der Waals surface area contributed by atoms with Gasteiger partial charge in [-0.05, 0) is 13.0 Å². The molecule has 1 aliphatic heterocycles. The number of nitrogens with one attached hydrogen (secondary N) is 1. The van der Waals surface area contributed by atoms with Crippen LogP contribution in [-0.4, -0.2) is 34.1 Å². The molecule has 100 valence electrons. The van der Waals surface area contributed by atoms with Gasteiger partial charge in [-0.2, -0.15) is 5.10 Å². The summed E-state index contributed by atoms with van der Waals surface area (Å²) in [4.78, 5) is 1.70. The lowest BCUT2D eigenvalue weighted by Gasteiger charge is -2.38. The Hall–Kier alpha value is -1.75. The van der Waals surface area contributed by atoms with Gasteiger partial charge in [-0.15, -0.1) is 0 Å². The molecule has 1 aromatic heterocycles. The maximum Gasteiger partial charge on any atom is 0.272 e. The highest BCUT2D eigenvalue weighted by molar-refractivity contribution is 5.59. The summed E-state index contributed by atoms with van der Waals surface area (Å²) >= 11 is 0. The summed E-state index contributed by atoms with van der Waals surface area (Å²) in [5.74, 6) is -2.51. The second-order valence-corrected chi connectivity index (χ2v) is 5.15. The van der Waals surface area contributed by atoms with E-state index < -0.39 is 5.92 Å². The number of aromatic nitrogens is 2. The van der Waals surface area contributed by atoms with Gasteiger partial charge < -0.3 is 0 Å². The summed E-state index contributed by atoms with van der Waals surface area (Å²) in [6.07, 6.45) is 0. The normalized spacial score (nSPS) is 18.3. The molecule has 0 saturated carbocycles. The number of likely N-dealkylation sites (tertiary alicyclic amines) is 1. The molecule has 2 heterocycles. The van der Waals surface area contributed by atoms with E-state index in [2.05, 4.69) is 10.2 Å². The van der Waals surface area contributed by atoms with Crippen molar-refractivity contribution in [3.05, 3.63) is 41.6 Å². The quantitative estimate of drug-likeness (QED) is 0.923. The SMILES string of the molecule is Cc1ccc(-c2cc(CN3CC(F)(F)C3)[nH]n2)cc1. The number of halogens is 2. The van der Waals surface area contributed by atoms with Gasteiger partial charge in [-0.25, -0.2) is 8.78 Å². The first-order chi connectivity index (χ1) is 9.02. The second-order valence-electron chi connectivity index (χ2n) is 5.15. The molecule has 1 aromatic carbocycles. The minimum atomic E-state index is -2.51. The second kappa shape index (κ2) is 4.42. The lowest BCUT2D eigenvalue weighted by Crippen LogP contribution is -2.55. The molecule has 1 saturated heterocycles. The summed E-state index contributed by atoms with van der Waals surface area (Å²) in [7, 11) is 0. The van der Waals surface area contributed by atoms with Crippen molar-refractivity contribution in [3.63, 3.8) is 0 Å². The Kier molecular flexibility index (Phi) is 2.86. The highest BCUT2D eigenvalue weighted by Gasteiger charge is 2.43. The Morgan fingerprint density at radius 2 is 1.95 bits per heavy atom. The molecular weight excluding hydrogens is 248 g/mol. The number of H-pyrrole nitrogens is 1. The molecular formula is C14H15F2N3. The summed E-state index contributed by atoms with van der Waals surface area (Å²) < 4.78 is 25.5. The van der Waals surface area contributed by atoms with Crippen molar-refractivity contribution < 1.29 is 8.78 Å². The molecule has 0 unspecified atom stereocenters. The van der Waals surface area contributed by atoms with Gasteiger partial charge in [0.1, 0.15) is 0 Å². The van der Waals surface area contributed by atoms with Crippen LogP contribution in [-0.2, 0) is 6.54 Å². The van der Waals surface area contributed by atoms with E-state index in [1.54, 1.807) is 4.90 Å². The number of alkyl halides is 2. The molecule has 3 rings (SSSR count). The van der Waals surface area contributed by atoms with Gasteiger partial charge in [0, 0.05) is 17.8 Å². The number of benzene rings is 1. The summed E-state index contributed by atoms with van der Waals surface area (Å²) in [6, 6.07) is 9.99. The number of aryl methyl sites for hydroxylation is 1. The topological polar surface area (TPSA) is 31.9 Å². The van der Waals surface area contributed by atoms with Crippen molar-refractivity contribution in [2.75, 3.05) is 13.1 Å². The third-order valence-corrected chi connectivity index (χ3v) is 3.28. The van der Waals surface area contributed by atoms with Crippen LogP contribution in [0.5, 0.6) is 0 Å². The van der Waals surface area contributed by atoms with Crippen molar-refractivity contribution in [3.8, 4) is 11.3 Å². The molecule has 5 heteroatoms. The summed E-state index contributed by atoms with van der Waals surface area (Å²) in [5, 5.41) is 7.13. The molecule has 0 aliphatic carbocycles. The number of hydrogen-bond acceptors (Lipinski definition) is 2. The van der Waals surface area contributed by atoms with Gasteiger partial charge >= 0.3 is 0 Å². The van der Waals surface area contributed by atoms with Crippen molar-refractivity contribution >= 4 is 0 Å².